The summed E-state index contributed by atoms with van der Waals surface area (Å²) in [6, 6.07) is 0.677. The van der Waals surface area contributed by atoms with Crippen LogP contribution in [0.5, 0.6) is 0 Å². The predicted octanol–water partition coefficient (Wildman–Crippen LogP) is 3.24. The van der Waals surface area contributed by atoms with Gasteiger partial charge in [0.05, 0.1) is 10.7 Å². The minimum atomic E-state index is 0.420. The van der Waals surface area contributed by atoms with Crippen LogP contribution in [-0.2, 0) is 6.42 Å². The zero-order valence-corrected chi connectivity index (χ0v) is 14.5. The predicted molar refractivity (Wildman–Crippen MR) is 90.0 cm³/mol. The molecule has 1 atom stereocenters. The van der Waals surface area contributed by atoms with Crippen LogP contribution in [0.1, 0.15) is 50.2 Å². The van der Waals surface area contributed by atoms with E-state index in [4.69, 9.17) is 0 Å². The van der Waals surface area contributed by atoms with Crippen LogP contribution in [0, 0.1) is 12.8 Å². The quantitative estimate of drug-likeness (QED) is 0.925. The third kappa shape index (κ3) is 3.49. The number of rotatable bonds is 4. The van der Waals surface area contributed by atoms with E-state index in [1.165, 1.54) is 42.9 Å². The van der Waals surface area contributed by atoms with Crippen molar-refractivity contribution in [1.82, 2.24) is 15.2 Å². The summed E-state index contributed by atoms with van der Waals surface area (Å²) in [4.78, 5) is 7.38. The molecule has 3 nitrogen and oxygen atoms in total. The Bertz CT molecular complexity index is 462. The van der Waals surface area contributed by atoms with Crippen LogP contribution >= 0.6 is 11.3 Å². The maximum absolute atomic E-state index is 4.63. The van der Waals surface area contributed by atoms with E-state index in [1.54, 1.807) is 11.3 Å². The average Bonchev–Trinajstić information content (AvgIpc) is 3.06. The molecule has 4 heteroatoms. The summed E-state index contributed by atoms with van der Waals surface area (Å²) in [6.07, 6.45) is 6.63. The lowest BCUT2D eigenvalue weighted by Crippen LogP contribution is -2.64. The molecule has 1 unspecified atom stereocenters. The Kier molecular flexibility index (Phi) is 4.67. The highest BCUT2D eigenvalue weighted by Crippen LogP contribution is 2.34. The Balaban J connectivity index is 1.65. The first-order chi connectivity index (χ1) is 10.1. The standard InChI is InChI=1S/C17H29N3S/c1-13(2)16-10-18-17(7-4-5-8-17)12-20(16)9-6-15-11-21-14(3)19-15/h11,13,16,18H,4-10,12H2,1-3H3. The zero-order chi connectivity index (χ0) is 14.9. The van der Waals surface area contributed by atoms with E-state index in [0.29, 0.717) is 17.5 Å². The molecule has 1 aliphatic carbocycles. The zero-order valence-electron chi connectivity index (χ0n) is 13.7. The first-order valence-corrected chi connectivity index (χ1v) is 9.36. The van der Waals surface area contributed by atoms with Crippen molar-refractivity contribution in [2.45, 2.75) is 64.5 Å². The molecular formula is C17H29N3S. The largest absolute Gasteiger partial charge is 0.308 e. The van der Waals surface area contributed by atoms with Gasteiger partial charge in [-0.05, 0) is 25.7 Å². The van der Waals surface area contributed by atoms with Gasteiger partial charge in [-0.15, -0.1) is 11.3 Å². The van der Waals surface area contributed by atoms with Crippen molar-refractivity contribution in [1.29, 1.82) is 0 Å². The highest BCUT2D eigenvalue weighted by molar-refractivity contribution is 7.09. The highest BCUT2D eigenvalue weighted by Gasteiger charge is 2.41. The summed E-state index contributed by atoms with van der Waals surface area (Å²) < 4.78 is 0. The molecule has 3 rings (SSSR count). The van der Waals surface area contributed by atoms with E-state index in [0.717, 1.165) is 19.5 Å². The molecule has 0 bridgehead atoms. The fourth-order valence-corrected chi connectivity index (χ4v) is 4.73. The number of aryl methyl sites for hydroxylation is 1. The lowest BCUT2D eigenvalue weighted by atomic mass is 9.89. The van der Waals surface area contributed by atoms with E-state index < -0.39 is 0 Å². The lowest BCUT2D eigenvalue weighted by molar-refractivity contribution is 0.0579. The van der Waals surface area contributed by atoms with Crippen molar-refractivity contribution in [3.05, 3.63) is 16.1 Å². The summed E-state index contributed by atoms with van der Waals surface area (Å²) in [5.74, 6) is 0.716. The Morgan fingerprint density at radius 1 is 1.43 bits per heavy atom. The lowest BCUT2D eigenvalue weighted by Gasteiger charge is -2.48. The third-order valence-corrected chi connectivity index (χ3v) is 6.14. The van der Waals surface area contributed by atoms with Crippen LogP contribution in [0.25, 0.3) is 0 Å². The Morgan fingerprint density at radius 2 is 2.19 bits per heavy atom. The van der Waals surface area contributed by atoms with E-state index in [2.05, 4.69) is 41.4 Å². The van der Waals surface area contributed by atoms with E-state index >= 15 is 0 Å². The number of piperazine rings is 1. The SMILES string of the molecule is Cc1nc(CCN2CC3(CCCC3)NCC2C(C)C)cs1. The monoisotopic (exact) mass is 307 g/mol. The molecule has 1 saturated heterocycles. The number of hydrogen-bond acceptors (Lipinski definition) is 4. The molecule has 0 radical (unpaired) electrons. The van der Waals surface area contributed by atoms with Gasteiger partial charge in [-0.1, -0.05) is 26.7 Å². The average molecular weight is 308 g/mol. The normalized spacial score (nSPS) is 26.0. The molecule has 2 heterocycles. The van der Waals surface area contributed by atoms with Gasteiger partial charge >= 0.3 is 0 Å². The summed E-state index contributed by atoms with van der Waals surface area (Å²) in [7, 11) is 0. The molecule has 118 valence electrons. The van der Waals surface area contributed by atoms with E-state index in [9.17, 15) is 0 Å². The number of thiazole rings is 1. The summed E-state index contributed by atoms with van der Waals surface area (Å²) in [5, 5.41) is 7.32. The molecule has 1 spiro atoms. The molecule has 1 aromatic rings. The second kappa shape index (κ2) is 6.35. The van der Waals surface area contributed by atoms with Gasteiger partial charge in [0, 0.05) is 43.0 Å². The second-order valence-corrected chi connectivity index (χ2v) is 8.32. The summed E-state index contributed by atoms with van der Waals surface area (Å²) in [6.45, 7) is 10.4. The first kappa shape index (κ1) is 15.4. The van der Waals surface area contributed by atoms with E-state index in [-0.39, 0.29) is 0 Å². The fraction of sp³-hybridized carbons (Fsp3) is 0.824. The molecule has 0 amide bonds. The van der Waals surface area contributed by atoms with Gasteiger partial charge in [0.25, 0.3) is 0 Å². The summed E-state index contributed by atoms with van der Waals surface area (Å²) in [5.41, 5.74) is 1.70. The molecule has 21 heavy (non-hydrogen) atoms. The number of aromatic nitrogens is 1. The van der Waals surface area contributed by atoms with Gasteiger partial charge in [0.15, 0.2) is 0 Å². The van der Waals surface area contributed by atoms with Gasteiger partial charge < -0.3 is 5.32 Å². The van der Waals surface area contributed by atoms with Crippen molar-refractivity contribution in [2.24, 2.45) is 5.92 Å². The Labute approximate surface area is 133 Å². The van der Waals surface area contributed by atoms with Gasteiger partial charge in [-0.3, -0.25) is 4.90 Å². The number of nitrogens with zero attached hydrogens (tertiary/aromatic N) is 2. The molecule has 1 N–H and O–H groups in total. The van der Waals surface area contributed by atoms with Crippen LogP contribution in [-0.4, -0.2) is 41.1 Å². The van der Waals surface area contributed by atoms with Gasteiger partial charge in [-0.2, -0.15) is 0 Å². The van der Waals surface area contributed by atoms with Crippen LogP contribution in [0.15, 0.2) is 5.38 Å². The summed E-state index contributed by atoms with van der Waals surface area (Å²) >= 11 is 1.77. The smallest absolute Gasteiger partial charge is 0.0897 e. The van der Waals surface area contributed by atoms with Crippen molar-refractivity contribution in [3.8, 4) is 0 Å². The Hall–Kier alpha value is -0.450. The fourth-order valence-electron chi connectivity index (χ4n) is 4.08. The molecule has 1 aliphatic heterocycles. The maximum atomic E-state index is 4.63. The maximum Gasteiger partial charge on any atom is 0.0897 e. The van der Waals surface area contributed by atoms with Crippen molar-refractivity contribution in [3.63, 3.8) is 0 Å². The van der Waals surface area contributed by atoms with Crippen LogP contribution in [0.3, 0.4) is 0 Å². The molecule has 2 aliphatic rings. The van der Waals surface area contributed by atoms with Crippen molar-refractivity contribution in [2.75, 3.05) is 19.6 Å². The molecule has 1 aromatic heterocycles. The minimum absolute atomic E-state index is 0.420. The molecule has 2 fully saturated rings. The van der Waals surface area contributed by atoms with Crippen molar-refractivity contribution < 1.29 is 0 Å². The van der Waals surface area contributed by atoms with E-state index in [1.807, 2.05) is 0 Å². The van der Waals surface area contributed by atoms with Crippen LogP contribution in [0.2, 0.25) is 0 Å². The third-order valence-electron chi connectivity index (χ3n) is 5.31. The topological polar surface area (TPSA) is 28.2 Å². The molecule has 1 saturated carbocycles. The van der Waals surface area contributed by atoms with Crippen LogP contribution in [0.4, 0.5) is 0 Å². The van der Waals surface area contributed by atoms with Gasteiger partial charge in [-0.25, -0.2) is 4.98 Å². The second-order valence-electron chi connectivity index (χ2n) is 7.26. The molecular weight excluding hydrogens is 278 g/mol. The number of hydrogen-bond donors (Lipinski definition) is 1. The minimum Gasteiger partial charge on any atom is -0.308 e. The highest BCUT2D eigenvalue weighted by atomic mass is 32.1. The Morgan fingerprint density at radius 3 is 2.81 bits per heavy atom. The number of nitrogens with one attached hydrogen (secondary N) is 1. The van der Waals surface area contributed by atoms with Gasteiger partial charge in [0.1, 0.15) is 0 Å². The first-order valence-electron chi connectivity index (χ1n) is 8.48. The van der Waals surface area contributed by atoms with Crippen molar-refractivity contribution >= 4 is 11.3 Å². The molecule has 0 aromatic carbocycles. The van der Waals surface area contributed by atoms with Crippen LogP contribution < -0.4 is 5.32 Å². The van der Waals surface area contributed by atoms with Gasteiger partial charge in [0.2, 0.25) is 0 Å².